The van der Waals surface area contributed by atoms with Crippen molar-refractivity contribution >= 4 is 40.7 Å². The lowest BCUT2D eigenvalue weighted by atomic mass is 9.62. The Hall–Kier alpha value is -3.51. The lowest BCUT2D eigenvalue weighted by Gasteiger charge is -2.37. The fourth-order valence-electron chi connectivity index (χ4n) is 6.19. The van der Waals surface area contributed by atoms with Gasteiger partial charge in [-0.2, -0.15) is 5.26 Å². The summed E-state index contributed by atoms with van der Waals surface area (Å²) in [5, 5.41) is 19.8. The zero-order valence-corrected chi connectivity index (χ0v) is 27.0. The van der Waals surface area contributed by atoms with E-state index >= 15 is 8.78 Å². The van der Waals surface area contributed by atoms with E-state index in [2.05, 4.69) is 22.0 Å². The summed E-state index contributed by atoms with van der Waals surface area (Å²) in [7, 11) is 1.57. The second kappa shape index (κ2) is 12.5. The van der Waals surface area contributed by atoms with Crippen molar-refractivity contribution in [1.82, 2.24) is 10.6 Å². The fraction of sp³-hybridized carbons (Fsp3) is 0.382. The number of amides is 2. The monoisotopic (exact) mass is 640 g/mol. The van der Waals surface area contributed by atoms with Gasteiger partial charge in [-0.25, -0.2) is 8.78 Å². The quantitative estimate of drug-likeness (QED) is 0.253. The summed E-state index contributed by atoms with van der Waals surface area (Å²) in [5.74, 6) is -3.41. The average Bonchev–Trinajstić information content (AvgIpc) is 3.27. The zero-order chi connectivity index (χ0) is 32.6. The highest BCUT2D eigenvalue weighted by molar-refractivity contribution is 6.31. The molecule has 1 aliphatic rings. The Morgan fingerprint density at radius 2 is 1.68 bits per heavy atom. The Balaban J connectivity index is 1.86. The minimum atomic E-state index is -1.73. The van der Waals surface area contributed by atoms with Crippen LogP contribution in [0, 0.1) is 28.4 Å². The molecule has 3 aromatic rings. The number of carbonyl (C=O) groups is 2. The van der Waals surface area contributed by atoms with E-state index in [0.717, 1.165) is 11.6 Å². The largest absolute Gasteiger partial charge is 0.358 e. The second-order valence-electron chi connectivity index (χ2n) is 13.0. The van der Waals surface area contributed by atoms with Crippen molar-refractivity contribution in [3.05, 3.63) is 99.0 Å². The lowest BCUT2D eigenvalue weighted by molar-refractivity contribution is -0.125. The maximum atomic E-state index is 15.8. The zero-order valence-electron chi connectivity index (χ0n) is 25.5. The Labute approximate surface area is 267 Å². The van der Waals surface area contributed by atoms with Gasteiger partial charge in [0.1, 0.15) is 17.0 Å². The van der Waals surface area contributed by atoms with E-state index in [1.165, 1.54) is 24.3 Å². The molecule has 1 saturated heterocycles. The third kappa shape index (κ3) is 6.19. The molecule has 2 amide bonds. The highest BCUT2D eigenvalue weighted by Gasteiger charge is 2.61. The maximum absolute atomic E-state index is 15.8. The van der Waals surface area contributed by atoms with Crippen LogP contribution in [0.5, 0.6) is 0 Å². The third-order valence-corrected chi connectivity index (χ3v) is 8.93. The molecule has 4 rings (SSSR count). The molecule has 0 aromatic heterocycles. The highest BCUT2D eigenvalue weighted by Crippen LogP contribution is 2.53. The van der Waals surface area contributed by atoms with Gasteiger partial charge in [-0.3, -0.25) is 9.59 Å². The molecule has 44 heavy (non-hydrogen) atoms. The number of nitriles is 1. The lowest BCUT2D eigenvalue weighted by Crippen LogP contribution is -2.45. The Morgan fingerprint density at radius 3 is 2.25 bits per heavy atom. The summed E-state index contributed by atoms with van der Waals surface area (Å²) in [5.41, 5.74) is -1.71. The summed E-state index contributed by atoms with van der Waals surface area (Å²) in [4.78, 5) is 26.5. The normalized spacial score (nSPS) is 21.9. The molecule has 1 fully saturated rings. The Morgan fingerprint density at radius 1 is 1.02 bits per heavy atom. The number of carbonyl (C=O) groups excluding carboxylic acids is 2. The number of nitrogens with one attached hydrogen (secondary N) is 3. The van der Waals surface area contributed by atoms with Gasteiger partial charge in [0.15, 0.2) is 0 Å². The standard InChI is InChI=1S/C34H36Cl2F2N4O2/c1-32(2,3)17-26-34(18-39,23-15-12-20(35)16-25(23)37)27(22-8-7-9-24(36)28(22)38)29(42-26)30(43)41-21-13-10-19(11-14-21)33(4,5)31(44)40-6/h7-16,26-27,29,42H,17H2,1-6H3,(H,40,44)(H,41,43). The van der Waals surface area contributed by atoms with Gasteiger partial charge in [-0.05, 0) is 67.1 Å². The van der Waals surface area contributed by atoms with Gasteiger partial charge in [0.25, 0.3) is 0 Å². The molecular formula is C34H36Cl2F2N4O2. The SMILES string of the molecule is CNC(=O)C(C)(C)c1ccc(NC(=O)C2NC(CC(C)(C)C)C(C#N)(c3ccc(Cl)cc3F)C2c2cccc(Cl)c2F)cc1. The van der Waals surface area contributed by atoms with Gasteiger partial charge in [0.05, 0.1) is 22.5 Å². The van der Waals surface area contributed by atoms with Gasteiger partial charge in [-0.1, -0.05) is 74.3 Å². The number of halogens is 4. The first-order valence-corrected chi connectivity index (χ1v) is 15.0. The van der Waals surface area contributed by atoms with E-state index in [1.54, 1.807) is 51.2 Å². The molecule has 0 aliphatic carbocycles. The highest BCUT2D eigenvalue weighted by atomic mass is 35.5. The van der Waals surface area contributed by atoms with E-state index in [-0.39, 0.29) is 32.5 Å². The van der Waals surface area contributed by atoms with Gasteiger partial charge in [0, 0.05) is 35.3 Å². The van der Waals surface area contributed by atoms with Crippen molar-refractivity contribution in [1.29, 1.82) is 5.26 Å². The first-order valence-electron chi connectivity index (χ1n) is 14.3. The molecule has 3 aromatic carbocycles. The number of benzene rings is 3. The van der Waals surface area contributed by atoms with Crippen molar-refractivity contribution in [2.24, 2.45) is 5.41 Å². The van der Waals surface area contributed by atoms with E-state index < -0.39 is 46.4 Å². The van der Waals surface area contributed by atoms with Crippen molar-refractivity contribution in [3.8, 4) is 6.07 Å². The van der Waals surface area contributed by atoms with Crippen molar-refractivity contribution in [2.75, 3.05) is 12.4 Å². The number of nitrogens with zero attached hydrogens (tertiary/aromatic N) is 1. The minimum Gasteiger partial charge on any atom is -0.358 e. The molecule has 232 valence electrons. The van der Waals surface area contributed by atoms with E-state index in [4.69, 9.17) is 23.2 Å². The van der Waals surface area contributed by atoms with Crippen LogP contribution in [0.15, 0.2) is 60.7 Å². The van der Waals surface area contributed by atoms with Crippen LogP contribution in [-0.2, 0) is 20.4 Å². The number of anilines is 1. The molecular weight excluding hydrogens is 605 g/mol. The van der Waals surface area contributed by atoms with Crippen molar-refractivity contribution < 1.29 is 18.4 Å². The molecule has 1 heterocycles. The molecule has 4 unspecified atom stereocenters. The van der Waals surface area contributed by atoms with E-state index in [9.17, 15) is 14.9 Å². The van der Waals surface area contributed by atoms with E-state index in [0.29, 0.717) is 12.1 Å². The summed E-state index contributed by atoms with van der Waals surface area (Å²) >= 11 is 12.3. The van der Waals surface area contributed by atoms with Gasteiger partial charge < -0.3 is 16.0 Å². The second-order valence-corrected chi connectivity index (χ2v) is 13.8. The number of hydrogen-bond acceptors (Lipinski definition) is 4. The molecule has 10 heteroatoms. The van der Waals surface area contributed by atoms with Gasteiger partial charge in [0.2, 0.25) is 11.8 Å². The first-order chi connectivity index (χ1) is 20.6. The third-order valence-electron chi connectivity index (χ3n) is 8.40. The molecule has 0 radical (unpaired) electrons. The number of likely N-dealkylation sites (N-methyl/N-ethyl adjacent to an activating group) is 1. The van der Waals surface area contributed by atoms with Crippen molar-refractivity contribution in [2.45, 2.75) is 69.9 Å². The van der Waals surface area contributed by atoms with Crippen LogP contribution < -0.4 is 16.0 Å². The molecule has 3 N–H and O–H groups in total. The topological polar surface area (TPSA) is 94.0 Å². The molecule has 0 saturated carbocycles. The van der Waals surface area contributed by atoms with Crippen LogP contribution in [0.4, 0.5) is 14.5 Å². The molecule has 1 aliphatic heterocycles. The smallest absolute Gasteiger partial charge is 0.242 e. The van der Waals surface area contributed by atoms with Gasteiger partial charge >= 0.3 is 0 Å². The van der Waals surface area contributed by atoms with Gasteiger partial charge in [-0.15, -0.1) is 0 Å². The number of hydrogen-bond donors (Lipinski definition) is 3. The minimum absolute atomic E-state index is 0.00612. The summed E-state index contributed by atoms with van der Waals surface area (Å²) in [6.45, 7) is 9.50. The van der Waals surface area contributed by atoms with Crippen LogP contribution >= 0.6 is 23.2 Å². The molecule has 6 nitrogen and oxygen atoms in total. The van der Waals surface area contributed by atoms with Crippen LogP contribution in [-0.4, -0.2) is 30.9 Å². The van der Waals surface area contributed by atoms with Crippen LogP contribution in [0.1, 0.15) is 63.6 Å². The van der Waals surface area contributed by atoms with Crippen molar-refractivity contribution in [3.63, 3.8) is 0 Å². The molecule has 0 spiro atoms. The van der Waals surface area contributed by atoms with Crippen LogP contribution in [0.3, 0.4) is 0 Å². The fourth-order valence-corrected chi connectivity index (χ4v) is 6.53. The summed E-state index contributed by atoms with van der Waals surface area (Å²) in [6, 6.07) is 15.7. The van der Waals surface area contributed by atoms with Crippen LogP contribution in [0.25, 0.3) is 0 Å². The van der Waals surface area contributed by atoms with Crippen LogP contribution in [0.2, 0.25) is 10.0 Å². The first kappa shape index (κ1) is 33.4. The predicted octanol–water partition coefficient (Wildman–Crippen LogP) is 7.26. The molecule has 4 atom stereocenters. The Bertz CT molecular complexity index is 1610. The average molecular weight is 642 g/mol. The van der Waals surface area contributed by atoms with E-state index in [1.807, 2.05) is 20.8 Å². The Kier molecular flexibility index (Phi) is 9.46. The number of rotatable bonds is 7. The summed E-state index contributed by atoms with van der Waals surface area (Å²) in [6.07, 6.45) is 0.356. The summed E-state index contributed by atoms with van der Waals surface area (Å²) < 4.78 is 31.6. The predicted molar refractivity (Wildman–Crippen MR) is 170 cm³/mol. The molecule has 0 bridgehead atoms. The maximum Gasteiger partial charge on any atom is 0.242 e.